The second-order valence-corrected chi connectivity index (χ2v) is 10.2. The molecule has 1 saturated carbocycles. The van der Waals surface area contributed by atoms with E-state index in [1.165, 1.54) is 7.11 Å². The lowest BCUT2D eigenvalue weighted by Crippen LogP contribution is -2.21. The number of phenols is 1. The van der Waals surface area contributed by atoms with E-state index >= 15 is 0 Å². The van der Waals surface area contributed by atoms with Crippen LogP contribution in [0.15, 0.2) is 78.9 Å². The summed E-state index contributed by atoms with van der Waals surface area (Å²) in [6.45, 7) is 0. The number of halogens is 1. The lowest BCUT2D eigenvalue weighted by Gasteiger charge is -2.14. The quantitative estimate of drug-likeness (QED) is 0.271. The zero-order chi connectivity index (χ0) is 26.6. The third-order valence-corrected chi connectivity index (χ3v) is 7.97. The van der Waals surface area contributed by atoms with Crippen LogP contribution in [0.5, 0.6) is 11.5 Å². The van der Waals surface area contributed by atoms with E-state index in [4.69, 9.17) is 16.3 Å². The second kappa shape index (κ2) is 8.92. The first-order chi connectivity index (χ1) is 18.3. The average Bonchev–Trinajstić information content (AvgIpc) is 3.60. The molecule has 2 unspecified atom stereocenters. The fourth-order valence-electron chi connectivity index (χ4n) is 5.70. The third-order valence-electron chi connectivity index (χ3n) is 7.66. The lowest BCUT2D eigenvalue weighted by molar-refractivity contribution is -0.136. The molecular weight excluding hydrogens is 502 g/mol. The number of fused-ring (bicyclic) bond motifs is 2. The Bertz CT molecular complexity index is 1610. The molecule has 1 spiro atoms. The number of benzene rings is 4. The molecule has 2 atom stereocenters. The summed E-state index contributed by atoms with van der Waals surface area (Å²) < 4.78 is 5.35. The second-order valence-electron chi connectivity index (χ2n) is 9.80. The van der Waals surface area contributed by atoms with E-state index in [0.717, 1.165) is 33.4 Å². The van der Waals surface area contributed by atoms with E-state index in [2.05, 4.69) is 5.32 Å². The molecule has 38 heavy (non-hydrogen) atoms. The Hall–Kier alpha value is -4.29. The number of methoxy groups -OCH3 is 1. The van der Waals surface area contributed by atoms with E-state index in [0.29, 0.717) is 28.4 Å². The zero-order valence-corrected chi connectivity index (χ0v) is 21.3. The molecule has 6 rings (SSSR count). The molecule has 0 aromatic heterocycles. The van der Waals surface area contributed by atoms with Gasteiger partial charge in [-0.2, -0.15) is 0 Å². The number of ether oxygens (including phenoxy) is 1. The smallest absolute Gasteiger partial charge is 0.307 e. The Morgan fingerprint density at radius 1 is 1.03 bits per heavy atom. The van der Waals surface area contributed by atoms with Crippen LogP contribution in [0.25, 0.3) is 22.3 Å². The molecule has 0 saturated heterocycles. The third kappa shape index (κ3) is 3.80. The number of amides is 1. The first-order valence-corrected chi connectivity index (χ1v) is 12.6. The number of hydrogen-bond acceptors (Lipinski definition) is 4. The highest BCUT2D eigenvalue weighted by molar-refractivity contribution is 6.34. The van der Waals surface area contributed by atoms with Crippen LogP contribution in [0.2, 0.25) is 5.02 Å². The van der Waals surface area contributed by atoms with Crippen LogP contribution in [0.1, 0.15) is 29.0 Å². The molecular formula is C31H24ClNO5. The van der Waals surface area contributed by atoms with Crippen LogP contribution in [0, 0.1) is 0 Å². The minimum atomic E-state index is -0.942. The van der Waals surface area contributed by atoms with Crippen molar-refractivity contribution in [2.45, 2.75) is 24.2 Å². The van der Waals surface area contributed by atoms with Gasteiger partial charge < -0.3 is 20.3 Å². The van der Waals surface area contributed by atoms with Crippen LogP contribution in [0.3, 0.4) is 0 Å². The van der Waals surface area contributed by atoms with Crippen molar-refractivity contribution in [1.82, 2.24) is 0 Å². The molecule has 3 N–H and O–H groups in total. The number of anilines is 1. The number of aromatic hydroxyl groups is 1. The van der Waals surface area contributed by atoms with Gasteiger partial charge in [0.15, 0.2) is 0 Å². The summed E-state index contributed by atoms with van der Waals surface area (Å²) in [7, 11) is 1.51. The number of aliphatic carboxylic acids is 1. The molecule has 4 aromatic carbocycles. The molecule has 1 amide bonds. The number of carbonyl (C=O) groups is 2. The van der Waals surface area contributed by atoms with Gasteiger partial charge >= 0.3 is 5.97 Å². The van der Waals surface area contributed by atoms with Gasteiger partial charge in [0.2, 0.25) is 5.91 Å². The maximum absolute atomic E-state index is 13.3. The summed E-state index contributed by atoms with van der Waals surface area (Å²) in [5, 5.41) is 23.1. The van der Waals surface area contributed by atoms with Gasteiger partial charge in [0.25, 0.3) is 0 Å². The normalized spacial score (nSPS) is 19.2. The van der Waals surface area contributed by atoms with Gasteiger partial charge in [-0.3, -0.25) is 9.59 Å². The van der Waals surface area contributed by atoms with Gasteiger partial charge in [-0.25, -0.2) is 0 Å². The number of carboxylic acids is 1. The molecule has 7 heteroatoms. The highest BCUT2D eigenvalue weighted by Crippen LogP contribution is 2.65. The van der Waals surface area contributed by atoms with E-state index in [1.54, 1.807) is 24.3 Å². The largest absolute Gasteiger partial charge is 0.507 e. The van der Waals surface area contributed by atoms with Gasteiger partial charge in [-0.1, -0.05) is 66.2 Å². The summed E-state index contributed by atoms with van der Waals surface area (Å²) >= 11 is 6.68. The summed E-state index contributed by atoms with van der Waals surface area (Å²) in [4.78, 5) is 24.7. The Labute approximate surface area is 224 Å². The molecule has 1 aliphatic heterocycles. The molecule has 4 aromatic rings. The maximum atomic E-state index is 13.3. The van der Waals surface area contributed by atoms with Crippen molar-refractivity contribution in [3.8, 4) is 33.8 Å². The Kier molecular flexibility index (Phi) is 5.65. The minimum absolute atomic E-state index is 0.0729. The number of nitrogens with one attached hydrogen (secondary N) is 1. The van der Waals surface area contributed by atoms with Gasteiger partial charge in [0.1, 0.15) is 11.5 Å². The lowest BCUT2D eigenvalue weighted by atomic mass is 9.89. The number of phenolic OH excluding ortho intramolecular Hbond substituents is 1. The van der Waals surface area contributed by atoms with Crippen molar-refractivity contribution in [2.24, 2.45) is 0 Å². The summed E-state index contributed by atoms with van der Waals surface area (Å²) in [5.41, 5.74) is 5.72. The molecule has 0 bridgehead atoms. The van der Waals surface area contributed by atoms with Crippen molar-refractivity contribution in [1.29, 1.82) is 0 Å². The Morgan fingerprint density at radius 2 is 1.74 bits per heavy atom. The van der Waals surface area contributed by atoms with E-state index < -0.39 is 11.4 Å². The monoisotopic (exact) mass is 525 g/mol. The Balaban J connectivity index is 1.36. The summed E-state index contributed by atoms with van der Waals surface area (Å²) in [5.74, 6) is -0.366. The number of rotatable bonds is 6. The minimum Gasteiger partial charge on any atom is -0.507 e. The summed E-state index contributed by atoms with van der Waals surface area (Å²) in [6.07, 6.45) is 0.466. The topological polar surface area (TPSA) is 95.9 Å². The van der Waals surface area contributed by atoms with Crippen LogP contribution >= 0.6 is 11.6 Å². The first kappa shape index (κ1) is 24.1. The molecule has 6 nitrogen and oxygen atoms in total. The maximum Gasteiger partial charge on any atom is 0.307 e. The van der Waals surface area contributed by atoms with Crippen molar-refractivity contribution < 1.29 is 24.5 Å². The number of hydrogen-bond donors (Lipinski definition) is 3. The Morgan fingerprint density at radius 3 is 2.42 bits per heavy atom. The molecule has 2 aliphatic rings. The standard InChI is InChI=1S/C31H24ClNO5/c1-38-28-11-10-19(12-20(28)13-29(35)36)24-16-31(24)23-14-22(25(32)15-26(23)33-30(31)37)18-8-6-17(7-9-18)21-4-2-3-5-27(21)34/h2-12,14-15,24,34H,13,16H2,1H3,(H,33,37)(H,35,36). The van der Waals surface area contributed by atoms with Gasteiger partial charge in [-0.15, -0.1) is 0 Å². The number of carboxylic acid groups (broad SMARTS) is 1. The van der Waals surface area contributed by atoms with Gasteiger partial charge in [-0.05, 0) is 52.9 Å². The van der Waals surface area contributed by atoms with Crippen LogP contribution in [-0.4, -0.2) is 29.2 Å². The fourth-order valence-corrected chi connectivity index (χ4v) is 5.97. The van der Waals surface area contributed by atoms with Crippen LogP contribution in [-0.2, 0) is 21.4 Å². The van der Waals surface area contributed by atoms with Crippen molar-refractivity contribution in [3.05, 3.63) is 101 Å². The predicted octanol–water partition coefficient (Wildman–Crippen LogP) is 6.39. The van der Waals surface area contributed by atoms with E-state index in [9.17, 15) is 19.8 Å². The first-order valence-electron chi connectivity index (χ1n) is 12.2. The van der Waals surface area contributed by atoms with Crippen LogP contribution in [0.4, 0.5) is 5.69 Å². The van der Waals surface area contributed by atoms with Crippen molar-refractivity contribution in [2.75, 3.05) is 12.4 Å². The summed E-state index contributed by atoms with van der Waals surface area (Å²) in [6, 6.07) is 24.3. The van der Waals surface area contributed by atoms with Crippen molar-refractivity contribution in [3.63, 3.8) is 0 Å². The molecule has 1 fully saturated rings. The van der Waals surface area contributed by atoms with Crippen LogP contribution < -0.4 is 10.1 Å². The van der Waals surface area contributed by atoms with Crippen molar-refractivity contribution >= 4 is 29.2 Å². The molecule has 1 heterocycles. The van der Waals surface area contributed by atoms with E-state index in [-0.39, 0.29) is 24.0 Å². The average molecular weight is 526 g/mol. The van der Waals surface area contributed by atoms with Gasteiger partial charge in [0.05, 0.1) is 24.0 Å². The molecule has 1 aliphatic carbocycles. The van der Waals surface area contributed by atoms with Gasteiger partial charge in [0, 0.05) is 28.3 Å². The molecule has 0 radical (unpaired) electrons. The number of carbonyl (C=O) groups excluding carboxylic acids is 1. The van der Waals surface area contributed by atoms with E-state index in [1.807, 2.05) is 54.6 Å². The molecule has 190 valence electrons. The zero-order valence-electron chi connectivity index (χ0n) is 20.5. The highest BCUT2D eigenvalue weighted by atomic mass is 35.5. The SMILES string of the molecule is COc1ccc(C2CC23C(=O)Nc2cc(Cl)c(-c4ccc(-c5ccccc5O)cc4)cc23)cc1CC(=O)O. The predicted molar refractivity (Wildman–Crippen MR) is 146 cm³/mol. The fraction of sp³-hybridized carbons (Fsp3) is 0.161. The highest BCUT2D eigenvalue weighted by Gasteiger charge is 2.65. The number of para-hydroxylation sites is 1.